The van der Waals surface area contributed by atoms with Gasteiger partial charge in [-0.05, 0) is 19.1 Å². The Hall–Kier alpha value is -1.87. The molecule has 2 heterocycles. The molecule has 0 aliphatic rings. The van der Waals surface area contributed by atoms with Gasteiger partial charge in [-0.15, -0.1) is 0 Å². The number of hydrogen-bond donors (Lipinski definition) is 0. The Bertz CT molecular complexity index is 671. The Morgan fingerprint density at radius 1 is 1.06 bits per heavy atom. The number of aryl methyl sites for hydroxylation is 1. The fourth-order valence-corrected chi connectivity index (χ4v) is 1.87. The summed E-state index contributed by atoms with van der Waals surface area (Å²) in [4.78, 5) is 4.50. The van der Waals surface area contributed by atoms with Gasteiger partial charge in [0.05, 0.1) is 11.9 Å². The van der Waals surface area contributed by atoms with Gasteiger partial charge in [-0.1, -0.05) is 41.4 Å². The summed E-state index contributed by atoms with van der Waals surface area (Å²) in [5.74, 6) is 0. The molecule has 0 atom stereocenters. The van der Waals surface area contributed by atoms with Gasteiger partial charge in [0.2, 0.25) is 0 Å². The van der Waals surface area contributed by atoms with Gasteiger partial charge in [0, 0.05) is 5.56 Å². The average molecular weight is 244 g/mol. The van der Waals surface area contributed by atoms with Crippen LogP contribution in [-0.2, 0) is 0 Å². The summed E-state index contributed by atoms with van der Waals surface area (Å²) in [5.41, 5.74) is 4.01. The highest BCUT2D eigenvalue weighted by Crippen LogP contribution is 2.19. The Labute approximate surface area is 104 Å². The fraction of sp³-hybridized carbons (Fsp3) is 0.0769. The van der Waals surface area contributed by atoms with Crippen molar-refractivity contribution in [2.24, 2.45) is 0 Å². The number of aromatic nitrogens is 3. The molecule has 84 valence electrons. The maximum atomic E-state index is 5.84. The quantitative estimate of drug-likeness (QED) is 0.656. The van der Waals surface area contributed by atoms with Gasteiger partial charge in [-0.25, -0.2) is 9.50 Å². The van der Waals surface area contributed by atoms with E-state index in [2.05, 4.69) is 41.3 Å². The molecule has 0 amide bonds. The lowest BCUT2D eigenvalue weighted by molar-refractivity contribution is 0.937. The molecule has 0 N–H and O–H groups in total. The van der Waals surface area contributed by atoms with Gasteiger partial charge in [0.1, 0.15) is 5.15 Å². The van der Waals surface area contributed by atoms with Gasteiger partial charge in [0.15, 0.2) is 5.65 Å². The van der Waals surface area contributed by atoms with E-state index in [-0.39, 0.29) is 0 Å². The van der Waals surface area contributed by atoms with Crippen molar-refractivity contribution in [1.82, 2.24) is 14.6 Å². The maximum absolute atomic E-state index is 5.84. The van der Waals surface area contributed by atoms with Crippen molar-refractivity contribution < 1.29 is 0 Å². The number of halogens is 1. The van der Waals surface area contributed by atoms with Crippen molar-refractivity contribution >= 4 is 17.2 Å². The zero-order valence-electron chi connectivity index (χ0n) is 9.26. The Kier molecular flexibility index (Phi) is 2.34. The number of fused-ring (bicyclic) bond motifs is 1. The van der Waals surface area contributed by atoms with Gasteiger partial charge in [-0.2, -0.15) is 5.10 Å². The number of rotatable bonds is 1. The Morgan fingerprint density at radius 2 is 1.82 bits per heavy atom. The minimum Gasteiger partial charge on any atom is -0.227 e. The lowest BCUT2D eigenvalue weighted by Crippen LogP contribution is -1.88. The van der Waals surface area contributed by atoms with Crippen LogP contribution in [0.25, 0.3) is 16.9 Å². The molecule has 0 fully saturated rings. The number of benzene rings is 1. The topological polar surface area (TPSA) is 30.2 Å². The molecule has 1 aromatic carbocycles. The van der Waals surface area contributed by atoms with Crippen molar-refractivity contribution in [1.29, 1.82) is 0 Å². The van der Waals surface area contributed by atoms with Crippen LogP contribution in [0.15, 0.2) is 42.6 Å². The lowest BCUT2D eigenvalue weighted by Gasteiger charge is -1.95. The van der Waals surface area contributed by atoms with Crippen LogP contribution in [0.5, 0.6) is 0 Å². The van der Waals surface area contributed by atoms with Crippen molar-refractivity contribution in [2.45, 2.75) is 6.92 Å². The van der Waals surface area contributed by atoms with Crippen LogP contribution in [0, 0.1) is 6.92 Å². The largest absolute Gasteiger partial charge is 0.227 e. The van der Waals surface area contributed by atoms with Crippen LogP contribution in [-0.4, -0.2) is 14.6 Å². The van der Waals surface area contributed by atoms with Gasteiger partial charge < -0.3 is 0 Å². The van der Waals surface area contributed by atoms with Crippen molar-refractivity contribution in [3.63, 3.8) is 0 Å². The van der Waals surface area contributed by atoms with E-state index in [9.17, 15) is 0 Å². The maximum Gasteiger partial charge on any atom is 0.154 e. The van der Waals surface area contributed by atoms with Crippen LogP contribution in [0.1, 0.15) is 5.56 Å². The van der Waals surface area contributed by atoms with E-state index in [0.29, 0.717) is 5.15 Å². The third kappa shape index (κ3) is 1.89. The van der Waals surface area contributed by atoms with Gasteiger partial charge in [0.25, 0.3) is 0 Å². The molecular weight excluding hydrogens is 234 g/mol. The molecule has 0 bridgehead atoms. The van der Waals surface area contributed by atoms with Crippen LogP contribution in [0.4, 0.5) is 0 Å². The highest BCUT2D eigenvalue weighted by Gasteiger charge is 2.04. The van der Waals surface area contributed by atoms with Crippen LogP contribution in [0.2, 0.25) is 5.15 Å². The third-order valence-corrected chi connectivity index (χ3v) is 2.84. The summed E-state index contributed by atoms with van der Waals surface area (Å²) in [6.45, 7) is 2.06. The second kappa shape index (κ2) is 3.86. The first kappa shape index (κ1) is 10.3. The first-order valence-electron chi connectivity index (χ1n) is 5.31. The van der Waals surface area contributed by atoms with E-state index in [1.807, 2.05) is 12.3 Å². The monoisotopic (exact) mass is 243 g/mol. The van der Waals surface area contributed by atoms with E-state index >= 15 is 0 Å². The smallest absolute Gasteiger partial charge is 0.154 e. The molecule has 17 heavy (non-hydrogen) atoms. The summed E-state index contributed by atoms with van der Waals surface area (Å²) >= 11 is 5.84. The molecule has 4 heteroatoms. The Morgan fingerprint density at radius 3 is 2.59 bits per heavy atom. The predicted octanol–water partition coefficient (Wildman–Crippen LogP) is 3.36. The van der Waals surface area contributed by atoms with Gasteiger partial charge in [-0.3, -0.25) is 0 Å². The normalized spacial score (nSPS) is 10.9. The van der Waals surface area contributed by atoms with E-state index in [1.165, 1.54) is 5.56 Å². The fourth-order valence-electron chi connectivity index (χ4n) is 1.72. The minimum atomic E-state index is 0.463. The zero-order valence-corrected chi connectivity index (χ0v) is 10.0. The highest BCUT2D eigenvalue weighted by atomic mass is 35.5. The number of nitrogens with zero attached hydrogens (tertiary/aromatic N) is 3. The summed E-state index contributed by atoms with van der Waals surface area (Å²) in [5, 5.41) is 4.62. The molecular formula is C13H10ClN3. The molecule has 0 saturated heterocycles. The second-order valence-electron chi connectivity index (χ2n) is 3.95. The van der Waals surface area contributed by atoms with Crippen LogP contribution in [0.3, 0.4) is 0 Å². The van der Waals surface area contributed by atoms with Crippen molar-refractivity contribution in [2.75, 3.05) is 0 Å². The van der Waals surface area contributed by atoms with Gasteiger partial charge >= 0.3 is 0 Å². The minimum absolute atomic E-state index is 0.463. The standard InChI is InChI=1S/C13H10ClN3/c1-9-2-4-10(5-3-9)11-8-17-13(15-11)7-6-12(14)16-17/h2-8H,1H3. The summed E-state index contributed by atoms with van der Waals surface area (Å²) in [7, 11) is 0. The molecule has 2 aromatic heterocycles. The Balaban J connectivity index is 2.14. The van der Waals surface area contributed by atoms with E-state index < -0.39 is 0 Å². The van der Waals surface area contributed by atoms with E-state index in [1.54, 1.807) is 10.6 Å². The first-order valence-corrected chi connectivity index (χ1v) is 5.69. The lowest BCUT2D eigenvalue weighted by atomic mass is 10.1. The molecule has 3 aromatic rings. The second-order valence-corrected chi connectivity index (χ2v) is 4.34. The van der Waals surface area contributed by atoms with Crippen LogP contribution < -0.4 is 0 Å². The zero-order chi connectivity index (χ0) is 11.8. The van der Waals surface area contributed by atoms with E-state index in [0.717, 1.165) is 16.9 Å². The summed E-state index contributed by atoms with van der Waals surface area (Å²) in [6, 6.07) is 11.8. The summed E-state index contributed by atoms with van der Waals surface area (Å²) in [6.07, 6.45) is 1.88. The molecule has 0 aliphatic heterocycles. The molecule has 3 rings (SSSR count). The van der Waals surface area contributed by atoms with Crippen LogP contribution >= 0.6 is 11.6 Å². The average Bonchev–Trinajstić information content (AvgIpc) is 2.72. The van der Waals surface area contributed by atoms with Crippen molar-refractivity contribution in [3.8, 4) is 11.3 Å². The molecule has 0 aliphatic carbocycles. The molecule has 0 unspecified atom stereocenters. The number of hydrogen-bond acceptors (Lipinski definition) is 2. The summed E-state index contributed by atoms with van der Waals surface area (Å²) < 4.78 is 1.69. The predicted molar refractivity (Wildman–Crippen MR) is 68.2 cm³/mol. The molecule has 0 saturated carbocycles. The highest BCUT2D eigenvalue weighted by molar-refractivity contribution is 6.29. The molecule has 0 spiro atoms. The van der Waals surface area contributed by atoms with E-state index in [4.69, 9.17) is 11.6 Å². The third-order valence-electron chi connectivity index (χ3n) is 2.63. The SMILES string of the molecule is Cc1ccc(-c2cn3nc(Cl)ccc3n2)cc1. The molecule has 3 nitrogen and oxygen atoms in total. The first-order chi connectivity index (χ1) is 8.22. The number of imidazole rings is 1. The van der Waals surface area contributed by atoms with Crippen molar-refractivity contribution in [3.05, 3.63) is 53.3 Å². The molecule has 0 radical (unpaired) electrons.